The molecule has 2 aromatic rings. The van der Waals surface area contributed by atoms with E-state index in [1.165, 1.54) is 4.90 Å². The lowest BCUT2D eigenvalue weighted by atomic mass is 10.2. The molecular formula is C15H15N3O2S. The molecule has 0 fully saturated rings. The molecule has 1 aromatic heterocycles. The maximum atomic E-state index is 12.0. The van der Waals surface area contributed by atoms with Crippen molar-refractivity contribution < 1.29 is 9.53 Å². The van der Waals surface area contributed by atoms with Crippen LogP contribution in [0.3, 0.4) is 0 Å². The molecule has 0 aliphatic rings. The Kier molecular flexibility index (Phi) is 4.84. The first-order valence-electron chi connectivity index (χ1n) is 6.27. The zero-order chi connectivity index (χ0) is 15.2. The number of nitrogens with zero attached hydrogens (tertiary/aromatic N) is 2. The van der Waals surface area contributed by atoms with Crippen LogP contribution in [0.1, 0.15) is 5.56 Å². The maximum Gasteiger partial charge on any atom is 0.264 e. The fourth-order valence-electron chi connectivity index (χ4n) is 1.65. The smallest absolute Gasteiger partial charge is 0.264 e. The molecule has 21 heavy (non-hydrogen) atoms. The molecule has 0 aliphatic carbocycles. The Hall–Kier alpha value is -2.47. The van der Waals surface area contributed by atoms with E-state index in [-0.39, 0.29) is 12.5 Å². The van der Waals surface area contributed by atoms with Crippen molar-refractivity contribution >= 4 is 28.8 Å². The van der Waals surface area contributed by atoms with Crippen LogP contribution in [-0.4, -0.2) is 29.5 Å². The lowest BCUT2D eigenvalue weighted by molar-refractivity contribution is -0.120. The molecule has 0 saturated heterocycles. The molecule has 6 heteroatoms. The van der Waals surface area contributed by atoms with Crippen LogP contribution in [0.4, 0.5) is 5.69 Å². The Labute approximate surface area is 128 Å². The maximum absolute atomic E-state index is 12.0. The molecule has 0 saturated carbocycles. The molecule has 0 bridgehead atoms. The number of pyridine rings is 1. The van der Waals surface area contributed by atoms with Gasteiger partial charge >= 0.3 is 0 Å². The van der Waals surface area contributed by atoms with Crippen molar-refractivity contribution in [1.82, 2.24) is 4.98 Å². The topological polar surface area (TPSA) is 68.5 Å². The van der Waals surface area contributed by atoms with Crippen molar-refractivity contribution in [2.45, 2.75) is 0 Å². The average molecular weight is 301 g/mol. The second-order valence-corrected chi connectivity index (χ2v) is 4.78. The van der Waals surface area contributed by atoms with Gasteiger partial charge in [-0.25, -0.2) is 0 Å². The number of hydrogen-bond donors (Lipinski definition) is 1. The summed E-state index contributed by atoms with van der Waals surface area (Å²) in [6, 6.07) is 10.5. The molecule has 0 atom stereocenters. The molecule has 1 heterocycles. The summed E-state index contributed by atoms with van der Waals surface area (Å²) in [5.41, 5.74) is 6.99. The summed E-state index contributed by atoms with van der Waals surface area (Å²) in [5.74, 6) is 0.421. The Bertz CT molecular complexity index is 629. The van der Waals surface area contributed by atoms with Crippen molar-refractivity contribution in [3.8, 4) is 5.75 Å². The van der Waals surface area contributed by atoms with Crippen molar-refractivity contribution in [2.75, 3.05) is 18.6 Å². The summed E-state index contributed by atoms with van der Waals surface area (Å²) in [6.45, 7) is -0.0577. The van der Waals surface area contributed by atoms with Gasteiger partial charge in [-0.1, -0.05) is 12.2 Å². The van der Waals surface area contributed by atoms with Crippen molar-refractivity contribution in [2.24, 2.45) is 5.73 Å². The molecule has 0 spiro atoms. The summed E-state index contributed by atoms with van der Waals surface area (Å²) in [7, 11) is 1.68. The van der Waals surface area contributed by atoms with Gasteiger partial charge in [0, 0.05) is 18.8 Å². The highest BCUT2D eigenvalue weighted by molar-refractivity contribution is 7.80. The lowest BCUT2D eigenvalue weighted by Crippen LogP contribution is -2.31. The largest absolute Gasteiger partial charge is 0.484 e. The molecule has 1 amide bonds. The van der Waals surface area contributed by atoms with Crippen LogP contribution in [0.2, 0.25) is 0 Å². The average Bonchev–Trinajstić information content (AvgIpc) is 2.53. The Balaban J connectivity index is 1.93. The molecule has 0 unspecified atom stereocenters. The Morgan fingerprint density at radius 2 is 2.05 bits per heavy atom. The third-order valence-corrected chi connectivity index (χ3v) is 3.14. The van der Waals surface area contributed by atoms with E-state index in [0.717, 1.165) is 11.3 Å². The van der Waals surface area contributed by atoms with E-state index in [2.05, 4.69) is 4.98 Å². The molecule has 0 radical (unpaired) electrons. The van der Waals surface area contributed by atoms with Gasteiger partial charge in [0.25, 0.3) is 5.91 Å². The quantitative estimate of drug-likeness (QED) is 0.852. The third kappa shape index (κ3) is 4.00. The Morgan fingerprint density at radius 3 is 2.62 bits per heavy atom. The number of carbonyl (C=O) groups excluding carboxylic acids is 1. The summed E-state index contributed by atoms with van der Waals surface area (Å²) in [6.07, 6.45) is 3.27. The van der Waals surface area contributed by atoms with Gasteiger partial charge in [-0.2, -0.15) is 0 Å². The summed E-state index contributed by atoms with van der Waals surface area (Å²) >= 11 is 4.87. The minimum atomic E-state index is -0.165. The van der Waals surface area contributed by atoms with Crippen LogP contribution in [0.15, 0.2) is 48.8 Å². The number of aromatic nitrogens is 1. The first-order valence-corrected chi connectivity index (χ1v) is 6.68. The fourth-order valence-corrected chi connectivity index (χ4v) is 1.79. The first kappa shape index (κ1) is 14.9. The zero-order valence-electron chi connectivity index (χ0n) is 11.5. The number of carbonyl (C=O) groups is 1. The van der Waals surface area contributed by atoms with Gasteiger partial charge in [0.2, 0.25) is 0 Å². The molecule has 5 nitrogen and oxygen atoms in total. The number of hydrogen-bond acceptors (Lipinski definition) is 4. The highest BCUT2D eigenvalue weighted by atomic mass is 32.1. The van der Waals surface area contributed by atoms with Crippen molar-refractivity contribution in [3.05, 3.63) is 54.4 Å². The fraction of sp³-hybridized carbons (Fsp3) is 0.133. The van der Waals surface area contributed by atoms with E-state index >= 15 is 0 Å². The normalized spacial score (nSPS) is 9.95. The van der Waals surface area contributed by atoms with Crippen LogP contribution in [0.5, 0.6) is 5.75 Å². The van der Waals surface area contributed by atoms with Gasteiger partial charge < -0.3 is 15.4 Å². The van der Waals surface area contributed by atoms with E-state index in [1.807, 2.05) is 6.07 Å². The zero-order valence-corrected chi connectivity index (χ0v) is 12.3. The molecule has 2 rings (SSSR count). The van der Waals surface area contributed by atoms with Crippen LogP contribution in [0, 0.1) is 0 Å². The molecule has 1 aromatic carbocycles. The van der Waals surface area contributed by atoms with Crippen LogP contribution in [-0.2, 0) is 4.79 Å². The van der Waals surface area contributed by atoms with Crippen molar-refractivity contribution in [1.29, 1.82) is 0 Å². The number of anilines is 1. The van der Waals surface area contributed by atoms with Gasteiger partial charge in [0.15, 0.2) is 6.61 Å². The third-order valence-electron chi connectivity index (χ3n) is 2.91. The van der Waals surface area contributed by atoms with Crippen LogP contribution >= 0.6 is 12.2 Å². The molecule has 108 valence electrons. The SMILES string of the molecule is CN(C(=O)COc1ccc(C(N)=S)cc1)c1cccnc1. The minimum Gasteiger partial charge on any atom is -0.484 e. The second-order valence-electron chi connectivity index (χ2n) is 4.34. The number of ether oxygens (including phenoxy) is 1. The standard InChI is InChI=1S/C15H15N3O2S/c1-18(12-3-2-8-17-9-12)14(19)10-20-13-6-4-11(5-7-13)15(16)21/h2-9H,10H2,1H3,(H2,16,21). The molecule has 2 N–H and O–H groups in total. The lowest BCUT2D eigenvalue weighted by Gasteiger charge is -2.17. The number of rotatable bonds is 5. The van der Waals surface area contributed by atoms with Crippen molar-refractivity contribution in [3.63, 3.8) is 0 Å². The number of thiocarbonyl (C=S) groups is 1. The minimum absolute atomic E-state index is 0.0577. The van der Waals surface area contributed by atoms with Gasteiger partial charge in [-0.15, -0.1) is 0 Å². The van der Waals surface area contributed by atoms with Gasteiger partial charge in [-0.05, 0) is 36.4 Å². The van der Waals surface area contributed by atoms with E-state index in [1.54, 1.807) is 49.8 Å². The highest BCUT2D eigenvalue weighted by Gasteiger charge is 2.11. The van der Waals surface area contributed by atoms with E-state index in [9.17, 15) is 4.79 Å². The summed E-state index contributed by atoms with van der Waals surface area (Å²) in [4.78, 5) is 17.8. The van der Waals surface area contributed by atoms with E-state index in [0.29, 0.717) is 10.7 Å². The number of benzene rings is 1. The summed E-state index contributed by atoms with van der Waals surface area (Å²) < 4.78 is 5.45. The van der Waals surface area contributed by atoms with E-state index in [4.69, 9.17) is 22.7 Å². The predicted molar refractivity (Wildman–Crippen MR) is 85.5 cm³/mol. The first-order chi connectivity index (χ1) is 10.1. The molecular weight excluding hydrogens is 286 g/mol. The van der Waals surface area contributed by atoms with Crippen LogP contribution in [0.25, 0.3) is 0 Å². The van der Waals surface area contributed by atoms with Gasteiger partial charge in [-0.3, -0.25) is 9.78 Å². The molecule has 0 aliphatic heterocycles. The highest BCUT2D eigenvalue weighted by Crippen LogP contribution is 2.13. The number of likely N-dealkylation sites (N-methyl/N-ethyl adjacent to an activating group) is 1. The predicted octanol–water partition coefficient (Wildman–Crippen LogP) is 1.76. The summed E-state index contributed by atoms with van der Waals surface area (Å²) in [5, 5.41) is 0. The number of amides is 1. The monoisotopic (exact) mass is 301 g/mol. The van der Waals surface area contributed by atoms with Crippen LogP contribution < -0.4 is 15.4 Å². The Morgan fingerprint density at radius 1 is 1.33 bits per heavy atom. The van der Waals surface area contributed by atoms with Gasteiger partial charge in [0.05, 0.1) is 11.9 Å². The van der Waals surface area contributed by atoms with E-state index < -0.39 is 0 Å². The van der Waals surface area contributed by atoms with Gasteiger partial charge in [0.1, 0.15) is 10.7 Å². The number of nitrogens with two attached hydrogens (primary N) is 1. The second kappa shape index (κ2) is 6.81.